The maximum absolute atomic E-state index is 12.6. The van der Waals surface area contributed by atoms with E-state index >= 15 is 0 Å². The highest BCUT2D eigenvalue weighted by Gasteiger charge is 2.24. The molecule has 1 amide bonds. The molecule has 0 radical (unpaired) electrons. The van der Waals surface area contributed by atoms with Crippen molar-refractivity contribution >= 4 is 34.6 Å². The number of rotatable bonds is 4. The number of hydrogen-bond acceptors (Lipinski definition) is 3. The number of nitrogens with one attached hydrogen (secondary N) is 1. The molecule has 3 aromatic rings. The molecule has 1 N–H and O–H groups in total. The maximum atomic E-state index is 12.6. The first-order valence-electron chi connectivity index (χ1n) is 10.5. The molecule has 0 spiro atoms. The largest absolute Gasteiger partial charge is 0.318 e. The highest BCUT2D eigenvalue weighted by atomic mass is 32.2. The van der Waals surface area contributed by atoms with Crippen LogP contribution >= 0.6 is 11.8 Å². The van der Waals surface area contributed by atoms with Crippen molar-refractivity contribution in [2.75, 3.05) is 0 Å². The number of benzene rings is 2. The van der Waals surface area contributed by atoms with Gasteiger partial charge in [0.15, 0.2) is 5.17 Å². The molecule has 31 heavy (non-hydrogen) atoms. The zero-order valence-electron chi connectivity index (χ0n) is 18.6. The van der Waals surface area contributed by atoms with Gasteiger partial charge < -0.3 is 9.88 Å². The van der Waals surface area contributed by atoms with E-state index < -0.39 is 0 Å². The van der Waals surface area contributed by atoms with Gasteiger partial charge in [-0.25, -0.2) is 4.99 Å². The average molecular weight is 430 g/mol. The minimum absolute atomic E-state index is 0.106. The molecule has 158 valence electrons. The Kier molecular flexibility index (Phi) is 5.88. The van der Waals surface area contributed by atoms with Crippen LogP contribution in [0.15, 0.2) is 58.4 Å². The van der Waals surface area contributed by atoms with Gasteiger partial charge in [0, 0.05) is 17.1 Å². The maximum Gasteiger partial charge on any atom is 0.264 e. The van der Waals surface area contributed by atoms with Crippen molar-refractivity contribution < 1.29 is 4.79 Å². The number of amides is 1. The van der Waals surface area contributed by atoms with E-state index in [1.165, 1.54) is 28.5 Å². The SMILES string of the molecule is CCc1ccc(N=C2NC(=O)/C(=C/c3cc(C)n(-c4cc(C)cc(C)c4)c3C)S2)cc1. The fourth-order valence-corrected chi connectivity index (χ4v) is 4.79. The number of aryl methyl sites for hydroxylation is 4. The summed E-state index contributed by atoms with van der Waals surface area (Å²) in [5.41, 5.74) is 9.04. The van der Waals surface area contributed by atoms with Crippen LogP contribution in [0, 0.1) is 27.7 Å². The molecule has 1 saturated heterocycles. The summed E-state index contributed by atoms with van der Waals surface area (Å²) < 4.78 is 2.24. The topological polar surface area (TPSA) is 46.4 Å². The first kappa shape index (κ1) is 21.2. The van der Waals surface area contributed by atoms with Crippen LogP contribution in [0.4, 0.5) is 5.69 Å². The summed E-state index contributed by atoms with van der Waals surface area (Å²) in [4.78, 5) is 17.8. The van der Waals surface area contributed by atoms with E-state index in [0.29, 0.717) is 10.1 Å². The van der Waals surface area contributed by atoms with Gasteiger partial charge in [-0.2, -0.15) is 0 Å². The molecule has 0 atom stereocenters. The Morgan fingerprint density at radius 1 is 1.00 bits per heavy atom. The first-order valence-corrected chi connectivity index (χ1v) is 11.3. The average Bonchev–Trinajstić information content (AvgIpc) is 3.20. The highest BCUT2D eigenvalue weighted by molar-refractivity contribution is 8.18. The van der Waals surface area contributed by atoms with Crippen LogP contribution in [-0.4, -0.2) is 15.6 Å². The van der Waals surface area contributed by atoms with Crippen LogP contribution < -0.4 is 5.32 Å². The van der Waals surface area contributed by atoms with Crippen molar-refractivity contribution in [2.45, 2.75) is 41.0 Å². The molecule has 0 saturated carbocycles. The molecule has 2 aromatic carbocycles. The Labute approximate surface area is 188 Å². The summed E-state index contributed by atoms with van der Waals surface area (Å²) in [5.74, 6) is -0.106. The fourth-order valence-electron chi connectivity index (χ4n) is 3.96. The number of amidine groups is 1. The molecule has 0 aliphatic carbocycles. The van der Waals surface area contributed by atoms with Crippen molar-refractivity contribution in [1.29, 1.82) is 0 Å². The third kappa shape index (κ3) is 4.52. The van der Waals surface area contributed by atoms with E-state index in [2.05, 4.69) is 85.9 Å². The molecular formula is C26H27N3OS. The zero-order valence-corrected chi connectivity index (χ0v) is 19.4. The van der Waals surface area contributed by atoms with Crippen LogP contribution in [0.1, 0.15) is 40.6 Å². The minimum Gasteiger partial charge on any atom is -0.318 e. The Balaban J connectivity index is 1.63. The number of aliphatic imine (C=N–C) groups is 1. The van der Waals surface area contributed by atoms with Gasteiger partial charge in [-0.15, -0.1) is 0 Å². The van der Waals surface area contributed by atoms with Crippen molar-refractivity contribution in [1.82, 2.24) is 9.88 Å². The van der Waals surface area contributed by atoms with Crippen LogP contribution in [0.2, 0.25) is 0 Å². The Morgan fingerprint density at radius 3 is 2.32 bits per heavy atom. The number of thioether (sulfide) groups is 1. The second kappa shape index (κ2) is 8.60. The Morgan fingerprint density at radius 2 is 1.68 bits per heavy atom. The normalized spacial score (nSPS) is 16.4. The molecule has 0 bridgehead atoms. The van der Waals surface area contributed by atoms with Crippen LogP contribution in [0.25, 0.3) is 11.8 Å². The van der Waals surface area contributed by atoms with Gasteiger partial charge in [0.2, 0.25) is 0 Å². The Hall–Kier alpha value is -3.05. The predicted octanol–water partition coefficient (Wildman–Crippen LogP) is 6.16. The molecule has 4 rings (SSSR count). The van der Waals surface area contributed by atoms with E-state index in [1.807, 2.05) is 18.2 Å². The van der Waals surface area contributed by atoms with E-state index in [4.69, 9.17) is 0 Å². The molecule has 1 aromatic heterocycles. The third-order valence-electron chi connectivity index (χ3n) is 5.45. The summed E-state index contributed by atoms with van der Waals surface area (Å²) in [6.07, 6.45) is 2.96. The lowest BCUT2D eigenvalue weighted by atomic mass is 10.1. The summed E-state index contributed by atoms with van der Waals surface area (Å²) >= 11 is 1.38. The number of hydrogen-bond donors (Lipinski definition) is 1. The van der Waals surface area contributed by atoms with Crippen LogP contribution in [0.5, 0.6) is 0 Å². The van der Waals surface area contributed by atoms with E-state index in [9.17, 15) is 4.79 Å². The standard InChI is InChI=1S/C26H27N3OS/c1-6-20-7-9-22(10-8-20)27-26-28-25(30)24(31-26)15-21-14-18(4)29(19(21)5)23-12-16(2)11-17(3)13-23/h7-15H,6H2,1-5H3,(H,27,28,30)/b24-15-. The lowest BCUT2D eigenvalue weighted by Crippen LogP contribution is -2.19. The molecule has 4 nitrogen and oxygen atoms in total. The Bertz CT molecular complexity index is 1200. The number of aromatic nitrogens is 1. The smallest absolute Gasteiger partial charge is 0.264 e. The third-order valence-corrected chi connectivity index (χ3v) is 6.36. The highest BCUT2D eigenvalue weighted by Crippen LogP contribution is 2.31. The van der Waals surface area contributed by atoms with E-state index in [0.717, 1.165) is 34.7 Å². The molecule has 1 aliphatic rings. The summed E-state index contributed by atoms with van der Waals surface area (Å²) in [6.45, 7) is 10.6. The predicted molar refractivity (Wildman–Crippen MR) is 131 cm³/mol. The summed E-state index contributed by atoms with van der Waals surface area (Å²) in [6, 6.07) is 16.8. The van der Waals surface area contributed by atoms with Gasteiger partial charge in [0.25, 0.3) is 5.91 Å². The molecule has 0 unspecified atom stereocenters. The van der Waals surface area contributed by atoms with Crippen molar-refractivity contribution in [3.63, 3.8) is 0 Å². The molecule has 5 heteroatoms. The van der Waals surface area contributed by atoms with Gasteiger partial charge in [-0.3, -0.25) is 4.79 Å². The van der Waals surface area contributed by atoms with E-state index in [-0.39, 0.29) is 5.91 Å². The molecule has 1 fully saturated rings. The quantitative estimate of drug-likeness (QED) is 0.505. The monoisotopic (exact) mass is 429 g/mol. The molecular weight excluding hydrogens is 402 g/mol. The van der Waals surface area contributed by atoms with Gasteiger partial charge >= 0.3 is 0 Å². The number of carbonyl (C=O) groups is 1. The van der Waals surface area contributed by atoms with E-state index in [1.54, 1.807) is 0 Å². The second-order valence-corrected chi connectivity index (χ2v) is 9.04. The van der Waals surface area contributed by atoms with Gasteiger partial charge in [-0.1, -0.05) is 25.1 Å². The fraction of sp³-hybridized carbons (Fsp3) is 0.231. The summed E-state index contributed by atoms with van der Waals surface area (Å²) in [5, 5.41) is 3.50. The van der Waals surface area contributed by atoms with Crippen LogP contribution in [-0.2, 0) is 11.2 Å². The van der Waals surface area contributed by atoms with Crippen LogP contribution in [0.3, 0.4) is 0 Å². The summed E-state index contributed by atoms with van der Waals surface area (Å²) in [7, 11) is 0. The zero-order chi connectivity index (χ0) is 22.1. The van der Waals surface area contributed by atoms with Crippen molar-refractivity contribution in [3.05, 3.63) is 87.1 Å². The molecule has 2 heterocycles. The molecule has 1 aliphatic heterocycles. The number of nitrogens with zero attached hydrogens (tertiary/aromatic N) is 2. The van der Waals surface area contributed by atoms with Crippen molar-refractivity contribution in [2.24, 2.45) is 4.99 Å². The minimum atomic E-state index is -0.106. The first-order chi connectivity index (χ1) is 14.8. The lowest BCUT2D eigenvalue weighted by molar-refractivity contribution is -0.115. The van der Waals surface area contributed by atoms with Crippen molar-refractivity contribution in [3.8, 4) is 5.69 Å². The van der Waals surface area contributed by atoms with Gasteiger partial charge in [0.1, 0.15) is 0 Å². The second-order valence-electron chi connectivity index (χ2n) is 8.01. The van der Waals surface area contributed by atoms with Gasteiger partial charge in [0.05, 0.1) is 10.6 Å². The lowest BCUT2D eigenvalue weighted by Gasteiger charge is -2.12. The number of carbonyl (C=O) groups excluding carboxylic acids is 1. The van der Waals surface area contributed by atoms with Gasteiger partial charge in [-0.05, 0) is 105 Å².